The van der Waals surface area contributed by atoms with Crippen molar-refractivity contribution in [1.29, 1.82) is 0 Å². The second-order valence-electron chi connectivity index (χ2n) is 17.8. The van der Waals surface area contributed by atoms with Gasteiger partial charge in [0.2, 0.25) is 0 Å². The molecule has 65 heavy (non-hydrogen) atoms. The van der Waals surface area contributed by atoms with Crippen molar-refractivity contribution < 1.29 is 23.5 Å². The first-order valence-electron chi connectivity index (χ1n) is 21.3. The first-order valence-corrected chi connectivity index (χ1v) is 25.0. The number of benzene rings is 2. The first-order chi connectivity index (χ1) is 31.2. The number of amides is 2. The number of carbonyl (C=O) groups is 2. The van der Waals surface area contributed by atoms with Crippen LogP contribution in [0.25, 0.3) is 22.3 Å². The van der Waals surface area contributed by atoms with Gasteiger partial charge in [-0.25, -0.2) is 29.9 Å². The number of carbonyl (C=O) groups excluding carboxylic acids is 2. The predicted molar refractivity (Wildman–Crippen MR) is 254 cm³/mol. The maximum atomic E-state index is 13.2. The summed E-state index contributed by atoms with van der Waals surface area (Å²) >= 11 is 12.0. The Morgan fingerprint density at radius 2 is 1.17 bits per heavy atom. The number of hydrogen-bond donors (Lipinski definition) is 6. The minimum Gasteiger partial charge on any atom is -0.407 e. The summed E-state index contributed by atoms with van der Waals surface area (Å²) in [5, 5.41) is 20.3. The molecule has 2 aromatic carbocycles. The molecule has 4 aromatic heterocycles. The molecule has 3 aliphatic heterocycles. The van der Waals surface area contributed by atoms with Crippen LogP contribution in [0.4, 0.5) is 11.6 Å². The van der Waals surface area contributed by atoms with Crippen LogP contribution in [0.5, 0.6) is 0 Å². The zero-order chi connectivity index (χ0) is 45.6. The molecular formula is C43H50N14O5S2Si. The molecule has 0 radical (unpaired) electrons. The zero-order valence-corrected chi connectivity index (χ0v) is 39.2. The van der Waals surface area contributed by atoms with E-state index in [0.29, 0.717) is 56.0 Å². The van der Waals surface area contributed by atoms with Crippen LogP contribution in [0.1, 0.15) is 60.9 Å². The summed E-state index contributed by atoms with van der Waals surface area (Å²) in [6, 6.07) is 17.1. The number of aromatic nitrogens is 8. The molecule has 8 atom stereocenters. The SMILES string of the molecule is C[C@@H]1[C@@H]2NC(=S)NC[C@H]3O[C@@H](n4cnc5c(NC(=O)c6ccccc6)ncnc54)C(O[Si](C)(C)C(C)(C)C)[C@@H]3NC(=S)NC[C@H]2O[C@H]1n1cnc2c(NC(=O)c3ccccc3)ncnc21. The lowest BCUT2D eigenvalue weighted by Crippen LogP contribution is -2.59. The molecule has 3 saturated heterocycles. The Hall–Kier alpha value is -6.04. The van der Waals surface area contributed by atoms with Crippen molar-refractivity contribution in [2.24, 2.45) is 5.92 Å². The van der Waals surface area contributed by atoms with Gasteiger partial charge >= 0.3 is 0 Å². The van der Waals surface area contributed by atoms with Crippen LogP contribution in [0.2, 0.25) is 18.1 Å². The molecule has 338 valence electrons. The van der Waals surface area contributed by atoms with E-state index in [2.05, 4.69) is 103 Å². The van der Waals surface area contributed by atoms with E-state index in [1.165, 1.54) is 12.7 Å². The topological polar surface area (TPSA) is 221 Å². The van der Waals surface area contributed by atoms with Crippen LogP contribution < -0.4 is 31.9 Å². The van der Waals surface area contributed by atoms with Crippen LogP contribution in [0.15, 0.2) is 86.0 Å². The van der Waals surface area contributed by atoms with E-state index in [9.17, 15) is 9.59 Å². The van der Waals surface area contributed by atoms with Gasteiger partial charge in [0, 0.05) is 30.1 Å². The van der Waals surface area contributed by atoms with Crippen LogP contribution in [-0.4, -0.2) is 113 Å². The number of nitrogens with zero attached hydrogens (tertiary/aromatic N) is 8. The van der Waals surface area contributed by atoms with E-state index >= 15 is 0 Å². The van der Waals surface area contributed by atoms with Crippen molar-refractivity contribution in [3.63, 3.8) is 0 Å². The highest BCUT2D eigenvalue weighted by Crippen LogP contribution is 2.43. The Bertz CT molecular complexity index is 2750. The number of nitrogens with one attached hydrogen (secondary N) is 6. The number of rotatable bonds is 8. The highest BCUT2D eigenvalue weighted by molar-refractivity contribution is 7.80. The molecule has 9 rings (SSSR count). The molecule has 0 saturated carbocycles. The summed E-state index contributed by atoms with van der Waals surface area (Å²) < 4.78 is 24.7. The van der Waals surface area contributed by atoms with Gasteiger partial charge in [-0.15, -0.1) is 0 Å². The minimum absolute atomic E-state index is 0.149. The van der Waals surface area contributed by atoms with Crippen LogP contribution >= 0.6 is 24.4 Å². The van der Waals surface area contributed by atoms with Gasteiger partial charge in [-0.1, -0.05) is 64.1 Å². The molecule has 22 heteroatoms. The van der Waals surface area contributed by atoms with Crippen molar-refractivity contribution >= 4 is 88.8 Å². The highest BCUT2D eigenvalue weighted by Gasteiger charge is 2.52. The summed E-state index contributed by atoms with van der Waals surface area (Å²) in [7, 11) is -2.47. The van der Waals surface area contributed by atoms with Crippen molar-refractivity contribution in [3.05, 3.63) is 97.1 Å². The molecule has 6 N–H and O–H groups in total. The normalized spacial score (nSPS) is 25.0. The Morgan fingerprint density at radius 1 is 0.708 bits per heavy atom. The van der Waals surface area contributed by atoms with Crippen LogP contribution in [-0.2, 0) is 13.9 Å². The molecule has 3 aliphatic rings. The van der Waals surface area contributed by atoms with Crippen molar-refractivity contribution in [1.82, 2.24) is 60.3 Å². The van der Waals surface area contributed by atoms with Crippen molar-refractivity contribution in [2.45, 2.75) is 88.7 Å². The van der Waals surface area contributed by atoms with Gasteiger partial charge in [0.25, 0.3) is 11.8 Å². The molecule has 2 amide bonds. The number of thiocarbonyl (C=S) groups is 2. The third-order valence-electron chi connectivity index (χ3n) is 12.6. The highest BCUT2D eigenvalue weighted by atomic mass is 32.1. The standard InChI is InChI=1S/C43H50N14O5S2Si/c1-23-28-26(60-39(23)56-21-50-30-33(46-19-48-35(30)56)54-37(58)24-13-9-7-10-14-24)17-44-42(64)53-29-27(18-45-41(63)52-28)61-40(32(29)62-65(5,6)43(2,3)4)57-22-51-31-34(47-20-49-36(31)57)55-38(59)25-15-11-8-12-16-25/h7-16,19-23,26-29,32,39-40H,17-18H2,1-6H3,(H2,44,53,64)(H2,45,52,63)(H,46,48,54,58)(H,47,49,55,59)/t23-,26-,27-,28+,29-,32?,39-,40-/m1/s1. The third-order valence-corrected chi connectivity index (χ3v) is 17.6. The van der Waals surface area contributed by atoms with E-state index in [1.54, 1.807) is 61.2 Å². The van der Waals surface area contributed by atoms with Gasteiger partial charge in [-0.3, -0.25) is 18.7 Å². The van der Waals surface area contributed by atoms with Gasteiger partial charge in [0.15, 0.2) is 58.7 Å². The summed E-state index contributed by atoms with van der Waals surface area (Å²) in [5.41, 5.74) is 2.77. The lowest BCUT2D eigenvalue weighted by atomic mass is 9.98. The summed E-state index contributed by atoms with van der Waals surface area (Å²) in [4.78, 5) is 53.4. The number of fused-ring (bicyclic) bond motifs is 4. The Kier molecular flexibility index (Phi) is 12.1. The first kappa shape index (κ1) is 44.2. The fourth-order valence-electron chi connectivity index (χ4n) is 8.16. The van der Waals surface area contributed by atoms with Gasteiger partial charge in [0.1, 0.15) is 31.1 Å². The number of imidazole rings is 2. The number of anilines is 2. The smallest absolute Gasteiger partial charge is 0.256 e. The fourth-order valence-corrected chi connectivity index (χ4v) is 9.90. The minimum atomic E-state index is -2.47. The predicted octanol–water partition coefficient (Wildman–Crippen LogP) is 4.67. The van der Waals surface area contributed by atoms with Crippen molar-refractivity contribution in [2.75, 3.05) is 23.7 Å². The van der Waals surface area contributed by atoms with Crippen molar-refractivity contribution in [3.8, 4) is 0 Å². The Labute approximate surface area is 386 Å². The maximum Gasteiger partial charge on any atom is 0.256 e. The lowest BCUT2D eigenvalue weighted by Gasteiger charge is -2.41. The average molecular weight is 935 g/mol. The van der Waals surface area contributed by atoms with E-state index in [1.807, 2.05) is 21.3 Å². The Morgan fingerprint density at radius 3 is 1.68 bits per heavy atom. The molecule has 3 fully saturated rings. The molecule has 0 bridgehead atoms. The lowest BCUT2D eigenvalue weighted by molar-refractivity contribution is -0.0296. The zero-order valence-electron chi connectivity index (χ0n) is 36.6. The van der Waals surface area contributed by atoms with Gasteiger partial charge in [-0.05, 0) is 66.8 Å². The van der Waals surface area contributed by atoms with E-state index in [0.717, 1.165) is 0 Å². The number of hydrogen-bond acceptors (Lipinski definition) is 13. The molecule has 19 nitrogen and oxygen atoms in total. The largest absolute Gasteiger partial charge is 0.407 e. The summed E-state index contributed by atoms with van der Waals surface area (Å²) in [6.45, 7) is 13.6. The van der Waals surface area contributed by atoms with E-state index in [-0.39, 0.29) is 41.2 Å². The molecule has 6 aromatic rings. The number of ether oxygens (including phenoxy) is 2. The maximum absolute atomic E-state index is 13.2. The average Bonchev–Trinajstić information content (AvgIpc) is 4.06. The second kappa shape index (κ2) is 17.7. The van der Waals surface area contributed by atoms with Crippen LogP contribution in [0.3, 0.4) is 0 Å². The molecular weight excluding hydrogens is 885 g/mol. The summed E-state index contributed by atoms with van der Waals surface area (Å²) in [6.07, 6.45) is 3.33. The fraction of sp³-hybridized carbons (Fsp3) is 0.395. The molecule has 7 heterocycles. The monoisotopic (exact) mass is 934 g/mol. The van der Waals surface area contributed by atoms with E-state index < -0.39 is 45.1 Å². The quantitative estimate of drug-likeness (QED) is 0.0902. The third kappa shape index (κ3) is 8.76. The molecule has 1 unspecified atom stereocenters. The summed E-state index contributed by atoms with van der Waals surface area (Å²) in [5.74, 6) is -0.220. The molecule has 0 aliphatic carbocycles. The second-order valence-corrected chi connectivity index (χ2v) is 23.4. The van der Waals surface area contributed by atoms with E-state index in [4.69, 9.17) is 38.3 Å². The van der Waals surface area contributed by atoms with Gasteiger partial charge in [0.05, 0.1) is 30.8 Å². The molecule has 0 spiro atoms. The Balaban J connectivity index is 0.968. The van der Waals surface area contributed by atoms with Gasteiger partial charge < -0.3 is 45.8 Å². The van der Waals surface area contributed by atoms with Gasteiger partial charge in [-0.2, -0.15) is 0 Å². The van der Waals surface area contributed by atoms with Crippen LogP contribution in [0, 0.1) is 5.92 Å².